The number of aliphatic hydroxyl groups is 1. The Hall–Kier alpha value is -0.0800. The minimum atomic E-state index is 0.350. The van der Waals surface area contributed by atoms with Crippen LogP contribution in [-0.4, -0.2) is 24.4 Å². The Bertz CT molecular complexity index is 121. The molecule has 0 spiro atoms. The molecule has 1 fully saturated rings. The number of hydrogen-bond acceptors (Lipinski definition) is 2. The third kappa shape index (κ3) is 4.63. The fourth-order valence-corrected chi connectivity index (χ4v) is 1.85. The Morgan fingerprint density at radius 2 is 2.00 bits per heavy atom. The van der Waals surface area contributed by atoms with Gasteiger partial charge in [-0.05, 0) is 18.8 Å². The number of aliphatic hydroxyl groups excluding tert-OH is 1. The summed E-state index contributed by atoms with van der Waals surface area (Å²) in [6.45, 7) is 3.60. The minimum Gasteiger partial charge on any atom is -0.396 e. The van der Waals surface area contributed by atoms with Gasteiger partial charge in [0.1, 0.15) is 0 Å². The normalized spacial score (nSPS) is 23.1. The lowest BCUT2D eigenvalue weighted by molar-refractivity contribution is 0.277. The zero-order valence-electron chi connectivity index (χ0n) is 8.67. The molecule has 1 aliphatic rings. The zero-order valence-corrected chi connectivity index (χ0v) is 8.67. The highest BCUT2D eigenvalue weighted by molar-refractivity contribution is 4.77. The summed E-state index contributed by atoms with van der Waals surface area (Å²) in [4.78, 5) is 0. The predicted molar refractivity (Wildman–Crippen MR) is 53.7 cm³/mol. The molecule has 1 rings (SSSR count). The number of hydrogen-bond donors (Lipinski definition) is 1. The third-order valence-corrected chi connectivity index (χ3v) is 2.89. The van der Waals surface area contributed by atoms with Gasteiger partial charge in [0.25, 0.3) is 0 Å². The second-order valence-electron chi connectivity index (χ2n) is 3.97. The summed E-state index contributed by atoms with van der Waals surface area (Å²) in [5.41, 5.74) is 0. The van der Waals surface area contributed by atoms with E-state index in [0.717, 1.165) is 18.9 Å². The summed E-state index contributed by atoms with van der Waals surface area (Å²) < 4.78 is 5.30. The maximum Gasteiger partial charge on any atom is 0.0837 e. The fourth-order valence-electron chi connectivity index (χ4n) is 1.85. The summed E-state index contributed by atoms with van der Waals surface area (Å²) in [6.07, 6.45) is 7.87. The molecule has 2 heteroatoms. The van der Waals surface area contributed by atoms with Crippen molar-refractivity contribution >= 4 is 0 Å². The van der Waals surface area contributed by atoms with Gasteiger partial charge in [-0.3, -0.25) is 0 Å². The standard InChI is InChI=1S/C11H22O2/c1-2-10(11-9-13-11)7-5-3-4-6-8-12/h10-12H,2-9H2,1H3/t10-,11?/m1/s1. The van der Waals surface area contributed by atoms with Crippen LogP contribution >= 0.6 is 0 Å². The summed E-state index contributed by atoms with van der Waals surface area (Å²) in [5.74, 6) is 0.800. The molecule has 1 heterocycles. The molecule has 2 atom stereocenters. The van der Waals surface area contributed by atoms with Crippen LogP contribution in [0, 0.1) is 5.92 Å². The van der Waals surface area contributed by atoms with Crippen molar-refractivity contribution in [2.24, 2.45) is 5.92 Å². The molecule has 2 nitrogen and oxygen atoms in total. The molecule has 13 heavy (non-hydrogen) atoms. The van der Waals surface area contributed by atoms with Crippen LogP contribution in [0.1, 0.15) is 45.4 Å². The van der Waals surface area contributed by atoms with E-state index in [-0.39, 0.29) is 0 Å². The van der Waals surface area contributed by atoms with Gasteiger partial charge in [-0.25, -0.2) is 0 Å². The largest absolute Gasteiger partial charge is 0.396 e. The SMILES string of the molecule is CC[C@H](CCCCCCO)C1CO1. The number of rotatable bonds is 8. The van der Waals surface area contributed by atoms with E-state index in [0.29, 0.717) is 12.7 Å². The van der Waals surface area contributed by atoms with E-state index < -0.39 is 0 Å². The molecule has 0 saturated carbocycles. The third-order valence-electron chi connectivity index (χ3n) is 2.89. The topological polar surface area (TPSA) is 32.8 Å². The van der Waals surface area contributed by atoms with Crippen molar-refractivity contribution in [3.63, 3.8) is 0 Å². The smallest absolute Gasteiger partial charge is 0.0837 e. The Morgan fingerprint density at radius 3 is 2.54 bits per heavy atom. The van der Waals surface area contributed by atoms with E-state index in [4.69, 9.17) is 9.84 Å². The average molecular weight is 186 g/mol. The molecule has 0 bridgehead atoms. The molecule has 1 unspecified atom stereocenters. The van der Waals surface area contributed by atoms with Gasteiger partial charge in [-0.15, -0.1) is 0 Å². The van der Waals surface area contributed by atoms with Crippen molar-refractivity contribution in [3.05, 3.63) is 0 Å². The van der Waals surface area contributed by atoms with Gasteiger partial charge in [0.05, 0.1) is 12.7 Å². The van der Waals surface area contributed by atoms with Crippen LogP contribution in [0.15, 0.2) is 0 Å². The van der Waals surface area contributed by atoms with Crippen molar-refractivity contribution < 1.29 is 9.84 Å². The maximum atomic E-state index is 8.60. The first kappa shape index (κ1) is 11.0. The number of unbranched alkanes of at least 4 members (excludes halogenated alkanes) is 3. The lowest BCUT2D eigenvalue weighted by atomic mass is 9.95. The van der Waals surface area contributed by atoms with E-state index in [1.54, 1.807) is 0 Å². The van der Waals surface area contributed by atoms with Gasteiger partial charge in [0, 0.05) is 6.61 Å². The van der Waals surface area contributed by atoms with Crippen LogP contribution in [0.2, 0.25) is 0 Å². The van der Waals surface area contributed by atoms with Gasteiger partial charge in [-0.2, -0.15) is 0 Å². The maximum absolute atomic E-state index is 8.60. The zero-order chi connectivity index (χ0) is 9.52. The van der Waals surface area contributed by atoms with Gasteiger partial charge >= 0.3 is 0 Å². The Balaban J connectivity index is 1.90. The van der Waals surface area contributed by atoms with Crippen LogP contribution in [0.5, 0.6) is 0 Å². The lowest BCUT2D eigenvalue weighted by Crippen LogP contribution is -2.06. The fraction of sp³-hybridized carbons (Fsp3) is 1.00. The Kier molecular flexibility index (Phi) is 5.40. The van der Waals surface area contributed by atoms with Crippen molar-refractivity contribution in [1.82, 2.24) is 0 Å². The molecule has 0 aromatic rings. The summed E-state index contributed by atoms with van der Waals surface area (Å²) in [6, 6.07) is 0. The van der Waals surface area contributed by atoms with Gasteiger partial charge < -0.3 is 9.84 Å². The molecule has 0 aromatic carbocycles. The quantitative estimate of drug-likeness (QED) is 0.466. The molecule has 1 N–H and O–H groups in total. The average Bonchev–Trinajstić information content (AvgIpc) is 2.95. The van der Waals surface area contributed by atoms with Crippen LogP contribution in [-0.2, 0) is 4.74 Å². The predicted octanol–water partition coefficient (Wildman–Crippen LogP) is 2.35. The van der Waals surface area contributed by atoms with Crippen molar-refractivity contribution in [2.45, 2.75) is 51.6 Å². The van der Waals surface area contributed by atoms with Crippen LogP contribution in [0.4, 0.5) is 0 Å². The minimum absolute atomic E-state index is 0.350. The number of epoxide rings is 1. The van der Waals surface area contributed by atoms with Crippen molar-refractivity contribution in [3.8, 4) is 0 Å². The van der Waals surface area contributed by atoms with Gasteiger partial charge in [-0.1, -0.05) is 32.6 Å². The number of ether oxygens (including phenoxy) is 1. The first-order chi connectivity index (χ1) is 6.38. The summed E-state index contributed by atoms with van der Waals surface area (Å²) in [5, 5.41) is 8.60. The van der Waals surface area contributed by atoms with E-state index in [1.807, 2.05) is 0 Å². The van der Waals surface area contributed by atoms with E-state index in [1.165, 1.54) is 32.1 Å². The molecular weight excluding hydrogens is 164 g/mol. The highest BCUT2D eigenvalue weighted by Crippen LogP contribution is 2.27. The van der Waals surface area contributed by atoms with Crippen LogP contribution in [0.3, 0.4) is 0 Å². The summed E-state index contributed by atoms with van der Waals surface area (Å²) in [7, 11) is 0. The molecule has 1 saturated heterocycles. The molecule has 78 valence electrons. The van der Waals surface area contributed by atoms with Crippen molar-refractivity contribution in [1.29, 1.82) is 0 Å². The highest BCUT2D eigenvalue weighted by Gasteiger charge is 2.30. The summed E-state index contributed by atoms with van der Waals surface area (Å²) >= 11 is 0. The van der Waals surface area contributed by atoms with E-state index >= 15 is 0 Å². The molecule has 0 aromatic heterocycles. The molecule has 1 aliphatic heterocycles. The molecule has 0 amide bonds. The van der Waals surface area contributed by atoms with Crippen LogP contribution < -0.4 is 0 Å². The Labute approximate surface area is 81.3 Å². The second-order valence-corrected chi connectivity index (χ2v) is 3.97. The van der Waals surface area contributed by atoms with Crippen LogP contribution in [0.25, 0.3) is 0 Å². The first-order valence-electron chi connectivity index (χ1n) is 5.61. The lowest BCUT2D eigenvalue weighted by Gasteiger charge is -2.10. The van der Waals surface area contributed by atoms with Gasteiger partial charge in [0.2, 0.25) is 0 Å². The molecule has 0 aliphatic carbocycles. The molecular formula is C11H22O2. The molecule has 0 radical (unpaired) electrons. The van der Waals surface area contributed by atoms with Crippen molar-refractivity contribution in [2.75, 3.05) is 13.2 Å². The van der Waals surface area contributed by atoms with E-state index in [2.05, 4.69) is 6.92 Å². The van der Waals surface area contributed by atoms with Gasteiger partial charge in [0.15, 0.2) is 0 Å². The first-order valence-corrected chi connectivity index (χ1v) is 5.61. The Morgan fingerprint density at radius 1 is 1.31 bits per heavy atom. The highest BCUT2D eigenvalue weighted by atomic mass is 16.6. The monoisotopic (exact) mass is 186 g/mol. The second kappa shape index (κ2) is 6.39. The van der Waals surface area contributed by atoms with E-state index in [9.17, 15) is 0 Å².